The van der Waals surface area contributed by atoms with Gasteiger partial charge in [-0.3, -0.25) is 5.84 Å². The summed E-state index contributed by atoms with van der Waals surface area (Å²) in [6, 6.07) is -0.0289. The van der Waals surface area contributed by atoms with E-state index in [2.05, 4.69) is 0 Å². The van der Waals surface area contributed by atoms with Crippen molar-refractivity contribution in [2.45, 2.75) is 26.8 Å². The second kappa shape index (κ2) is 3.74. The first-order valence-corrected chi connectivity index (χ1v) is 4.81. The first-order chi connectivity index (χ1) is 6.32. The Labute approximate surface area is 84.4 Å². The number of hydrazine groups is 1. The summed E-state index contributed by atoms with van der Waals surface area (Å²) in [6.07, 6.45) is -0.849. The highest BCUT2D eigenvalue weighted by Crippen LogP contribution is 2.26. The average Bonchev–Trinajstić information content (AvgIpc) is 2.01. The van der Waals surface area contributed by atoms with E-state index in [0.29, 0.717) is 19.6 Å². The van der Waals surface area contributed by atoms with Gasteiger partial charge in [0.2, 0.25) is 0 Å². The molecule has 0 spiro atoms. The van der Waals surface area contributed by atoms with Crippen LogP contribution >= 0.6 is 0 Å². The van der Waals surface area contributed by atoms with E-state index in [1.165, 1.54) is 4.90 Å². The largest absolute Gasteiger partial charge is 0.465 e. The highest BCUT2D eigenvalue weighted by Gasteiger charge is 2.37. The third-order valence-electron chi connectivity index (χ3n) is 2.66. The normalized spacial score (nSPS) is 25.1. The van der Waals surface area contributed by atoms with Gasteiger partial charge in [-0.1, -0.05) is 20.8 Å². The van der Waals surface area contributed by atoms with E-state index >= 15 is 0 Å². The van der Waals surface area contributed by atoms with E-state index < -0.39 is 6.09 Å². The van der Waals surface area contributed by atoms with Gasteiger partial charge in [0.1, 0.15) is 0 Å². The molecule has 0 bridgehead atoms. The summed E-state index contributed by atoms with van der Waals surface area (Å²) in [7, 11) is 0. The molecule has 1 heterocycles. The van der Waals surface area contributed by atoms with Crippen LogP contribution in [0, 0.1) is 5.41 Å². The van der Waals surface area contributed by atoms with E-state index in [1.807, 2.05) is 20.8 Å². The van der Waals surface area contributed by atoms with Crippen LogP contribution in [0.15, 0.2) is 0 Å². The summed E-state index contributed by atoms with van der Waals surface area (Å²) >= 11 is 0. The molecular formula is C9H19N3O2. The van der Waals surface area contributed by atoms with Crippen molar-refractivity contribution in [2.24, 2.45) is 11.3 Å². The Balaban J connectivity index is 2.79. The smallest absolute Gasteiger partial charge is 0.407 e. The Morgan fingerprint density at radius 1 is 1.43 bits per heavy atom. The van der Waals surface area contributed by atoms with Crippen LogP contribution in [-0.2, 0) is 0 Å². The molecule has 0 saturated carbocycles. The molecule has 0 aromatic heterocycles. The van der Waals surface area contributed by atoms with Crippen molar-refractivity contribution in [3.05, 3.63) is 0 Å². The minimum Gasteiger partial charge on any atom is -0.465 e. The van der Waals surface area contributed by atoms with E-state index in [0.717, 1.165) is 0 Å². The molecule has 5 heteroatoms. The fraction of sp³-hybridized carbons (Fsp3) is 0.889. The molecule has 0 aliphatic carbocycles. The Hall–Kier alpha value is -0.810. The van der Waals surface area contributed by atoms with Crippen LogP contribution in [-0.4, -0.2) is 46.8 Å². The number of nitrogens with zero attached hydrogens (tertiary/aromatic N) is 2. The lowest BCUT2D eigenvalue weighted by Crippen LogP contribution is -2.60. The monoisotopic (exact) mass is 201 g/mol. The van der Waals surface area contributed by atoms with E-state index in [4.69, 9.17) is 10.9 Å². The van der Waals surface area contributed by atoms with Gasteiger partial charge in [0.15, 0.2) is 0 Å². The highest BCUT2D eigenvalue weighted by molar-refractivity contribution is 5.65. The van der Waals surface area contributed by atoms with E-state index in [1.54, 1.807) is 5.01 Å². The summed E-state index contributed by atoms with van der Waals surface area (Å²) in [5, 5.41) is 10.7. The number of nitrogens with two attached hydrogens (primary N) is 1. The lowest BCUT2D eigenvalue weighted by Gasteiger charge is -2.44. The number of amides is 1. The number of carboxylic acid groups (broad SMARTS) is 1. The van der Waals surface area contributed by atoms with Crippen molar-refractivity contribution >= 4 is 6.09 Å². The van der Waals surface area contributed by atoms with Crippen LogP contribution in [0.4, 0.5) is 4.79 Å². The van der Waals surface area contributed by atoms with Crippen molar-refractivity contribution in [1.29, 1.82) is 0 Å². The molecule has 1 unspecified atom stereocenters. The third kappa shape index (κ3) is 2.36. The van der Waals surface area contributed by atoms with Crippen LogP contribution in [0.3, 0.4) is 0 Å². The molecular weight excluding hydrogens is 182 g/mol. The second-order valence-electron chi connectivity index (χ2n) is 4.85. The zero-order valence-corrected chi connectivity index (χ0v) is 9.03. The van der Waals surface area contributed by atoms with Crippen LogP contribution in [0.1, 0.15) is 20.8 Å². The summed E-state index contributed by atoms with van der Waals surface area (Å²) in [6.45, 7) is 7.81. The molecule has 1 aliphatic rings. The molecule has 3 N–H and O–H groups in total. The summed E-state index contributed by atoms with van der Waals surface area (Å²) < 4.78 is 0. The molecule has 1 rings (SSSR count). The predicted octanol–water partition coefficient (Wildman–Crippen LogP) is 0.570. The van der Waals surface area contributed by atoms with Gasteiger partial charge in [0.25, 0.3) is 0 Å². The number of hydrogen-bond acceptors (Lipinski definition) is 3. The maximum Gasteiger partial charge on any atom is 0.407 e. The van der Waals surface area contributed by atoms with E-state index in [9.17, 15) is 4.79 Å². The summed E-state index contributed by atoms with van der Waals surface area (Å²) in [5.74, 6) is 5.70. The standard InChI is InChI=1S/C9H19N3O2/c1-9(2,3)7-6-11(10)4-5-12(7)8(13)14/h7H,4-6,10H2,1-3H3,(H,13,14). The number of hydrogen-bond donors (Lipinski definition) is 2. The van der Waals surface area contributed by atoms with Crippen molar-refractivity contribution in [3.63, 3.8) is 0 Å². The zero-order valence-electron chi connectivity index (χ0n) is 9.03. The van der Waals surface area contributed by atoms with Crippen LogP contribution in [0.2, 0.25) is 0 Å². The molecule has 1 saturated heterocycles. The van der Waals surface area contributed by atoms with Gasteiger partial charge in [0.05, 0.1) is 6.04 Å². The minimum atomic E-state index is -0.849. The topological polar surface area (TPSA) is 69.8 Å². The molecule has 1 amide bonds. The first-order valence-electron chi connectivity index (χ1n) is 4.81. The lowest BCUT2D eigenvalue weighted by atomic mass is 9.84. The zero-order chi connectivity index (χ0) is 10.9. The van der Waals surface area contributed by atoms with Crippen molar-refractivity contribution in [1.82, 2.24) is 9.91 Å². The van der Waals surface area contributed by atoms with Gasteiger partial charge in [-0.05, 0) is 5.41 Å². The fourth-order valence-corrected chi connectivity index (χ4v) is 1.77. The molecule has 1 fully saturated rings. The molecule has 0 radical (unpaired) electrons. The maximum atomic E-state index is 11.0. The van der Waals surface area contributed by atoms with Crippen LogP contribution in [0.25, 0.3) is 0 Å². The van der Waals surface area contributed by atoms with Gasteiger partial charge in [-0.2, -0.15) is 0 Å². The number of carbonyl (C=O) groups is 1. The second-order valence-corrected chi connectivity index (χ2v) is 4.85. The molecule has 1 atom stereocenters. The van der Waals surface area contributed by atoms with Crippen LogP contribution < -0.4 is 5.84 Å². The number of rotatable bonds is 0. The Bertz CT molecular complexity index is 225. The predicted molar refractivity (Wildman–Crippen MR) is 53.7 cm³/mol. The number of piperazine rings is 1. The van der Waals surface area contributed by atoms with Crippen molar-refractivity contribution in [3.8, 4) is 0 Å². The molecule has 5 nitrogen and oxygen atoms in total. The average molecular weight is 201 g/mol. The maximum absolute atomic E-state index is 11.0. The third-order valence-corrected chi connectivity index (χ3v) is 2.66. The Morgan fingerprint density at radius 3 is 2.43 bits per heavy atom. The van der Waals surface area contributed by atoms with Gasteiger partial charge in [0, 0.05) is 19.6 Å². The summed E-state index contributed by atoms with van der Waals surface area (Å²) in [5.41, 5.74) is -0.0730. The highest BCUT2D eigenvalue weighted by atomic mass is 16.4. The van der Waals surface area contributed by atoms with Gasteiger partial charge >= 0.3 is 6.09 Å². The van der Waals surface area contributed by atoms with Gasteiger partial charge < -0.3 is 10.0 Å². The van der Waals surface area contributed by atoms with Crippen molar-refractivity contribution < 1.29 is 9.90 Å². The fourth-order valence-electron chi connectivity index (χ4n) is 1.77. The molecule has 0 aromatic carbocycles. The summed E-state index contributed by atoms with van der Waals surface area (Å²) in [4.78, 5) is 12.5. The van der Waals surface area contributed by atoms with Crippen LogP contribution in [0.5, 0.6) is 0 Å². The Kier molecular flexibility index (Phi) is 3.01. The SMILES string of the molecule is CC(C)(C)C1CN(N)CCN1C(=O)O. The van der Waals surface area contributed by atoms with Crippen molar-refractivity contribution in [2.75, 3.05) is 19.6 Å². The Morgan fingerprint density at radius 2 is 2.00 bits per heavy atom. The van der Waals surface area contributed by atoms with E-state index in [-0.39, 0.29) is 11.5 Å². The molecule has 14 heavy (non-hydrogen) atoms. The van der Waals surface area contributed by atoms with Gasteiger partial charge in [-0.25, -0.2) is 9.80 Å². The quantitative estimate of drug-likeness (QED) is 0.562. The minimum absolute atomic E-state index is 0.0289. The lowest BCUT2D eigenvalue weighted by molar-refractivity contribution is 0.0216. The molecule has 0 aromatic rings. The molecule has 1 aliphatic heterocycles. The first kappa shape index (κ1) is 11.3. The van der Waals surface area contributed by atoms with Gasteiger partial charge in [-0.15, -0.1) is 0 Å². The molecule has 82 valence electrons.